The summed E-state index contributed by atoms with van der Waals surface area (Å²) < 4.78 is 4.91. The van der Waals surface area contributed by atoms with E-state index in [-0.39, 0.29) is 18.6 Å². The highest BCUT2D eigenvalue weighted by Crippen LogP contribution is 2.39. The normalized spacial score (nSPS) is 19.4. The Hall–Kier alpha value is -2.90. The molecule has 0 spiro atoms. The van der Waals surface area contributed by atoms with Crippen molar-refractivity contribution in [1.29, 1.82) is 0 Å². The van der Waals surface area contributed by atoms with Crippen LogP contribution in [-0.2, 0) is 23.9 Å². The van der Waals surface area contributed by atoms with Crippen molar-refractivity contribution < 1.29 is 39.2 Å². The molecule has 0 amide bonds. The van der Waals surface area contributed by atoms with Gasteiger partial charge in [0.2, 0.25) is 0 Å². The molecule has 0 saturated heterocycles. The third-order valence-corrected chi connectivity index (χ3v) is 3.90. The van der Waals surface area contributed by atoms with Crippen molar-refractivity contribution in [2.75, 3.05) is 6.61 Å². The summed E-state index contributed by atoms with van der Waals surface area (Å²) in [5.74, 6) is -4.64. The van der Waals surface area contributed by atoms with Gasteiger partial charge >= 0.3 is 23.9 Å². The van der Waals surface area contributed by atoms with Gasteiger partial charge in [-0.25, -0.2) is 14.4 Å². The van der Waals surface area contributed by atoms with Crippen LogP contribution in [0.5, 0.6) is 0 Å². The molecule has 0 aliphatic heterocycles. The standard InChI is InChI=1S/C17H20O8/c1-10(2)15(22)25-8-4-3-6-17(16(23)24)7-5-11(13(18)19)12(9-17)14(20)21/h5,7H,1,3-4,6,8-9H2,2H3,(H,18,19)(H,20,21)(H,23,24). The molecule has 1 aliphatic carbocycles. The average molecular weight is 352 g/mol. The first-order valence-corrected chi connectivity index (χ1v) is 7.56. The van der Waals surface area contributed by atoms with Crippen LogP contribution < -0.4 is 0 Å². The molecule has 3 N–H and O–H groups in total. The lowest BCUT2D eigenvalue weighted by molar-refractivity contribution is -0.147. The van der Waals surface area contributed by atoms with E-state index in [1.807, 2.05) is 0 Å². The smallest absolute Gasteiger partial charge is 0.336 e. The van der Waals surface area contributed by atoms with Crippen LogP contribution in [0.1, 0.15) is 32.6 Å². The number of unbranched alkanes of at least 4 members (excludes halogenated alkanes) is 1. The zero-order valence-electron chi connectivity index (χ0n) is 13.8. The number of carbonyl (C=O) groups excluding carboxylic acids is 1. The molecule has 0 fully saturated rings. The predicted molar refractivity (Wildman–Crippen MR) is 85.7 cm³/mol. The zero-order chi connectivity index (χ0) is 19.2. The van der Waals surface area contributed by atoms with Gasteiger partial charge in [-0.2, -0.15) is 0 Å². The molecule has 8 nitrogen and oxygen atoms in total. The minimum atomic E-state index is -1.50. The molecule has 0 aromatic rings. The van der Waals surface area contributed by atoms with Gasteiger partial charge in [0.05, 0.1) is 23.2 Å². The Morgan fingerprint density at radius 2 is 1.80 bits per heavy atom. The third kappa shape index (κ3) is 5.03. The molecule has 25 heavy (non-hydrogen) atoms. The lowest BCUT2D eigenvalue weighted by atomic mass is 9.73. The van der Waals surface area contributed by atoms with Gasteiger partial charge in [-0.15, -0.1) is 0 Å². The molecule has 136 valence electrons. The molecule has 1 atom stereocenters. The highest BCUT2D eigenvalue weighted by atomic mass is 16.5. The summed E-state index contributed by atoms with van der Waals surface area (Å²) in [5, 5.41) is 27.7. The van der Waals surface area contributed by atoms with E-state index in [0.717, 1.165) is 6.08 Å². The first kappa shape index (κ1) is 20.1. The van der Waals surface area contributed by atoms with Crippen molar-refractivity contribution in [3.8, 4) is 0 Å². The first-order valence-electron chi connectivity index (χ1n) is 7.56. The first-order chi connectivity index (χ1) is 11.6. The third-order valence-electron chi connectivity index (χ3n) is 3.90. The van der Waals surface area contributed by atoms with Gasteiger partial charge in [0.25, 0.3) is 0 Å². The lowest BCUT2D eigenvalue weighted by Crippen LogP contribution is -2.34. The largest absolute Gasteiger partial charge is 0.481 e. The maximum Gasteiger partial charge on any atom is 0.336 e. The van der Waals surface area contributed by atoms with Crippen molar-refractivity contribution >= 4 is 23.9 Å². The second-order valence-electron chi connectivity index (χ2n) is 5.85. The van der Waals surface area contributed by atoms with Gasteiger partial charge in [-0.1, -0.05) is 12.7 Å². The Morgan fingerprint density at radius 1 is 1.16 bits per heavy atom. The number of carbonyl (C=O) groups is 4. The summed E-state index contributed by atoms with van der Waals surface area (Å²) >= 11 is 0. The second-order valence-corrected chi connectivity index (χ2v) is 5.85. The monoisotopic (exact) mass is 352 g/mol. The summed E-state index contributed by atoms with van der Waals surface area (Å²) in [5.41, 5.74) is -2.09. The number of carboxylic acid groups (broad SMARTS) is 3. The number of hydrogen-bond donors (Lipinski definition) is 3. The molecule has 1 unspecified atom stereocenters. The Kier molecular flexibility index (Phi) is 6.67. The van der Waals surface area contributed by atoms with Crippen LogP contribution in [0.15, 0.2) is 35.5 Å². The fourth-order valence-electron chi connectivity index (χ4n) is 2.46. The Balaban J connectivity index is 2.78. The Labute approximate surface area is 144 Å². The van der Waals surface area contributed by atoms with Gasteiger partial charge in [0, 0.05) is 5.57 Å². The van der Waals surface area contributed by atoms with E-state index < -0.39 is 46.9 Å². The highest BCUT2D eigenvalue weighted by molar-refractivity contribution is 6.02. The van der Waals surface area contributed by atoms with Gasteiger partial charge in [0.1, 0.15) is 0 Å². The minimum absolute atomic E-state index is 0.0904. The number of carboxylic acids is 3. The van der Waals surface area contributed by atoms with Crippen LogP contribution in [0.3, 0.4) is 0 Å². The van der Waals surface area contributed by atoms with Gasteiger partial charge in [-0.05, 0) is 38.7 Å². The number of ether oxygens (including phenoxy) is 1. The van der Waals surface area contributed by atoms with Crippen molar-refractivity contribution in [3.63, 3.8) is 0 Å². The van der Waals surface area contributed by atoms with Gasteiger partial charge in [-0.3, -0.25) is 4.79 Å². The maximum absolute atomic E-state index is 11.7. The van der Waals surface area contributed by atoms with E-state index in [4.69, 9.17) is 9.84 Å². The lowest BCUT2D eigenvalue weighted by Gasteiger charge is -2.29. The maximum atomic E-state index is 11.7. The fourth-order valence-corrected chi connectivity index (χ4v) is 2.46. The number of rotatable bonds is 9. The van der Waals surface area contributed by atoms with Crippen molar-refractivity contribution in [2.24, 2.45) is 5.41 Å². The number of aliphatic carboxylic acids is 3. The van der Waals surface area contributed by atoms with Gasteiger partial charge in [0.15, 0.2) is 0 Å². The molecule has 0 bridgehead atoms. The number of hydrogen-bond acceptors (Lipinski definition) is 5. The van der Waals surface area contributed by atoms with E-state index in [2.05, 4.69) is 6.58 Å². The molecular weight excluding hydrogens is 332 g/mol. The average Bonchev–Trinajstić information content (AvgIpc) is 2.53. The minimum Gasteiger partial charge on any atom is -0.481 e. The zero-order valence-corrected chi connectivity index (χ0v) is 13.8. The summed E-state index contributed by atoms with van der Waals surface area (Å²) in [4.78, 5) is 45.3. The van der Waals surface area contributed by atoms with E-state index in [9.17, 15) is 29.4 Å². The quantitative estimate of drug-likeness (QED) is 0.324. The molecule has 1 rings (SSSR count). The summed E-state index contributed by atoms with van der Waals surface area (Å²) in [6.45, 7) is 5.04. The van der Waals surface area contributed by atoms with Crippen LogP contribution >= 0.6 is 0 Å². The topological polar surface area (TPSA) is 138 Å². The van der Waals surface area contributed by atoms with Crippen LogP contribution in [0.2, 0.25) is 0 Å². The van der Waals surface area contributed by atoms with Crippen molar-refractivity contribution in [2.45, 2.75) is 32.6 Å². The molecule has 1 aliphatic rings. The van der Waals surface area contributed by atoms with Crippen LogP contribution in [0, 0.1) is 5.41 Å². The molecule has 0 aromatic heterocycles. The Morgan fingerprint density at radius 3 is 2.28 bits per heavy atom. The summed E-state index contributed by atoms with van der Waals surface area (Å²) in [6.07, 6.45) is 2.68. The fraction of sp³-hybridized carbons (Fsp3) is 0.412. The summed E-state index contributed by atoms with van der Waals surface area (Å²) in [6, 6.07) is 0. The van der Waals surface area contributed by atoms with Crippen molar-refractivity contribution in [3.05, 3.63) is 35.5 Å². The van der Waals surface area contributed by atoms with E-state index in [1.165, 1.54) is 13.0 Å². The molecule has 8 heteroatoms. The molecule has 0 aromatic carbocycles. The van der Waals surface area contributed by atoms with E-state index in [1.54, 1.807) is 0 Å². The second kappa shape index (κ2) is 8.27. The molecule has 0 heterocycles. The number of esters is 1. The molecule has 0 radical (unpaired) electrons. The van der Waals surface area contributed by atoms with Gasteiger partial charge < -0.3 is 20.1 Å². The Bertz CT molecular complexity index is 670. The van der Waals surface area contributed by atoms with Crippen molar-refractivity contribution in [1.82, 2.24) is 0 Å². The molecule has 0 saturated carbocycles. The van der Waals surface area contributed by atoms with E-state index in [0.29, 0.717) is 12.8 Å². The SMILES string of the molecule is C=C(C)C(=O)OCCCCC1(C(=O)O)C=CC(C(=O)O)=C(C(=O)O)C1. The highest BCUT2D eigenvalue weighted by Gasteiger charge is 2.41. The van der Waals surface area contributed by atoms with E-state index >= 15 is 0 Å². The van der Waals surface area contributed by atoms with Crippen LogP contribution in [0.25, 0.3) is 0 Å². The molecular formula is C17H20O8. The van der Waals surface area contributed by atoms with Crippen LogP contribution in [0.4, 0.5) is 0 Å². The van der Waals surface area contributed by atoms with Crippen LogP contribution in [-0.4, -0.2) is 45.8 Å². The predicted octanol–water partition coefficient (Wildman–Crippen LogP) is 1.77. The summed E-state index contributed by atoms with van der Waals surface area (Å²) in [7, 11) is 0.